The minimum Gasteiger partial charge on any atom is -0.340 e. The number of hydrogen-bond acceptors (Lipinski definition) is 2. The largest absolute Gasteiger partial charge is 0.340 e. The molecule has 11 heavy (non-hydrogen) atoms. The summed E-state index contributed by atoms with van der Waals surface area (Å²) in [4.78, 5) is 13.0. The quantitative estimate of drug-likeness (QED) is 0.549. The number of halogens is 1. The summed E-state index contributed by atoms with van der Waals surface area (Å²) >= 11 is 5.73. The first-order valence-corrected chi connectivity index (χ1v) is 4.26. The van der Waals surface area contributed by atoms with Crippen molar-refractivity contribution in [2.45, 2.75) is 13.3 Å². The second kappa shape index (κ2) is 3.93. The number of carbonyl (C=O) groups is 1. The number of rotatable bonds is 1. The first-order chi connectivity index (χ1) is 5.24. The Bertz CT molecular complexity index is 143. The molecule has 64 valence electrons. The highest BCUT2D eigenvalue weighted by molar-refractivity contribution is 6.13. The van der Waals surface area contributed by atoms with Crippen molar-refractivity contribution in [2.24, 2.45) is 0 Å². The highest BCUT2D eigenvalue weighted by Gasteiger charge is 2.17. The lowest BCUT2D eigenvalue weighted by atomic mass is 10.3. The van der Waals surface area contributed by atoms with Gasteiger partial charge in [-0.15, -0.1) is 0 Å². The summed E-state index contributed by atoms with van der Waals surface area (Å²) in [6.45, 7) is 5.00. The Balaban J connectivity index is 2.33. The van der Waals surface area contributed by atoms with E-state index < -0.39 is 0 Å². The summed E-state index contributed by atoms with van der Waals surface area (Å²) in [6.07, 6.45) is 0.599. The number of piperazine rings is 1. The zero-order valence-electron chi connectivity index (χ0n) is 6.72. The van der Waals surface area contributed by atoms with Gasteiger partial charge in [-0.2, -0.15) is 0 Å². The molecule has 0 N–H and O–H groups in total. The Labute approximate surface area is 72.0 Å². The van der Waals surface area contributed by atoms with E-state index in [9.17, 15) is 4.79 Å². The molecule has 0 unspecified atom stereocenters. The number of hydrogen-bond donors (Lipinski definition) is 0. The summed E-state index contributed by atoms with van der Waals surface area (Å²) < 4.78 is 1.72. The van der Waals surface area contributed by atoms with Crippen LogP contribution in [0.1, 0.15) is 13.3 Å². The van der Waals surface area contributed by atoms with Gasteiger partial charge >= 0.3 is 0 Å². The molecule has 3 nitrogen and oxygen atoms in total. The maximum atomic E-state index is 11.1. The van der Waals surface area contributed by atoms with Gasteiger partial charge in [0.2, 0.25) is 5.91 Å². The summed E-state index contributed by atoms with van der Waals surface area (Å²) in [6, 6.07) is 0. The second-order valence-electron chi connectivity index (χ2n) is 2.64. The Morgan fingerprint density at radius 3 is 2.36 bits per heavy atom. The van der Waals surface area contributed by atoms with E-state index in [-0.39, 0.29) is 5.91 Å². The van der Waals surface area contributed by atoms with Crippen molar-refractivity contribution < 1.29 is 4.79 Å². The predicted molar refractivity (Wildman–Crippen MR) is 44.3 cm³/mol. The van der Waals surface area contributed by atoms with E-state index in [0.29, 0.717) is 6.42 Å². The molecule has 0 aromatic heterocycles. The lowest BCUT2D eigenvalue weighted by Crippen LogP contribution is -2.45. The SMILES string of the molecule is CCC(=O)N1CCN(Cl)CC1. The fraction of sp³-hybridized carbons (Fsp3) is 0.857. The smallest absolute Gasteiger partial charge is 0.222 e. The van der Waals surface area contributed by atoms with Crippen LogP contribution in [0.4, 0.5) is 0 Å². The molecule has 4 heteroatoms. The maximum absolute atomic E-state index is 11.1. The Hall–Kier alpha value is -0.280. The van der Waals surface area contributed by atoms with E-state index >= 15 is 0 Å². The first kappa shape index (κ1) is 8.81. The normalized spacial score (nSPS) is 20.4. The van der Waals surface area contributed by atoms with E-state index in [1.54, 1.807) is 4.42 Å². The van der Waals surface area contributed by atoms with Crippen LogP contribution >= 0.6 is 11.8 Å². The third-order valence-corrected chi connectivity index (χ3v) is 2.22. The summed E-state index contributed by atoms with van der Waals surface area (Å²) in [5.41, 5.74) is 0. The van der Waals surface area contributed by atoms with Crippen molar-refractivity contribution in [3.8, 4) is 0 Å². The van der Waals surface area contributed by atoms with Gasteiger partial charge in [-0.1, -0.05) is 6.92 Å². The molecule has 1 rings (SSSR count). The van der Waals surface area contributed by atoms with Crippen molar-refractivity contribution in [3.05, 3.63) is 0 Å². The standard InChI is InChI=1S/C7H13ClN2O/c1-2-7(11)9-3-5-10(8)6-4-9/h2-6H2,1H3. The molecule has 1 aliphatic rings. The summed E-state index contributed by atoms with van der Waals surface area (Å²) in [5.74, 6) is 0.231. The number of nitrogens with zero attached hydrogens (tertiary/aromatic N) is 2. The molecule has 1 heterocycles. The molecule has 1 fully saturated rings. The zero-order chi connectivity index (χ0) is 8.27. The molecule has 0 aromatic rings. The fourth-order valence-electron chi connectivity index (χ4n) is 1.16. The molecule has 0 spiro atoms. The third-order valence-electron chi connectivity index (χ3n) is 1.88. The van der Waals surface area contributed by atoms with E-state index in [4.69, 9.17) is 11.8 Å². The zero-order valence-corrected chi connectivity index (χ0v) is 7.47. The molecular formula is C7H13ClN2O. The van der Waals surface area contributed by atoms with Crippen LogP contribution in [0.2, 0.25) is 0 Å². The van der Waals surface area contributed by atoms with Crippen molar-refractivity contribution in [1.29, 1.82) is 0 Å². The second-order valence-corrected chi connectivity index (χ2v) is 3.12. The van der Waals surface area contributed by atoms with E-state index in [1.807, 2.05) is 11.8 Å². The van der Waals surface area contributed by atoms with E-state index in [0.717, 1.165) is 26.2 Å². The van der Waals surface area contributed by atoms with Crippen molar-refractivity contribution in [3.63, 3.8) is 0 Å². The minimum absolute atomic E-state index is 0.231. The summed E-state index contributed by atoms with van der Waals surface area (Å²) in [5, 5.41) is 0. The highest BCUT2D eigenvalue weighted by atomic mass is 35.5. The van der Waals surface area contributed by atoms with E-state index in [1.165, 1.54) is 0 Å². The van der Waals surface area contributed by atoms with Crippen molar-refractivity contribution >= 4 is 17.7 Å². The fourth-order valence-corrected chi connectivity index (χ4v) is 1.31. The molecule has 0 bridgehead atoms. The first-order valence-electron chi connectivity index (χ1n) is 3.92. The molecule has 1 amide bonds. The number of amides is 1. The molecule has 0 aromatic carbocycles. The van der Waals surface area contributed by atoms with Crippen molar-refractivity contribution in [1.82, 2.24) is 9.32 Å². The van der Waals surface area contributed by atoms with Crippen LogP contribution in [0, 0.1) is 0 Å². The molecular weight excluding hydrogens is 164 g/mol. The Morgan fingerprint density at radius 2 is 1.91 bits per heavy atom. The monoisotopic (exact) mass is 176 g/mol. The van der Waals surface area contributed by atoms with Crippen LogP contribution in [-0.4, -0.2) is 41.4 Å². The van der Waals surface area contributed by atoms with Crippen LogP contribution in [0.25, 0.3) is 0 Å². The van der Waals surface area contributed by atoms with E-state index in [2.05, 4.69) is 0 Å². The van der Waals surface area contributed by atoms with Crippen LogP contribution in [0.5, 0.6) is 0 Å². The molecule has 0 atom stereocenters. The predicted octanol–water partition coefficient (Wildman–Crippen LogP) is 0.694. The summed E-state index contributed by atoms with van der Waals surface area (Å²) in [7, 11) is 0. The van der Waals surface area contributed by atoms with Gasteiger partial charge in [0.25, 0.3) is 0 Å². The Morgan fingerprint density at radius 1 is 1.36 bits per heavy atom. The van der Waals surface area contributed by atoms with Gasteiger partial charge in [0.05, 0.1) is 0 Å². The van der Waals surface area contributed by atoms with Crippen molar-refractivity contribution in [2.75, 3.05) is 26.2 Å². The molecule has 1 aliphatic heterocycles. The van der Waals surface area contributed by atoms with Gasteiger partial charge < -0.3 is 4.90 Å². The third kappa shape index (κ3) is 2.34. The maximum Gasteiger partial charge on any atom is 0.222 e. The Kier molecular flexibility index (Phi) is 3.15. The van der Waals surface area contributed by atoms with Crippen LogP contribution in [-0.2, 0) is 4.79 Å². The lowest BCUT2D eigenvalue weighted by Gasteiger charge is -2.30. The van der Waals surface area contributed by atoms with Gasteiger partial charge in [-0.25, -0.2) is 4.42 Å². The van der Waals surface area contributed by atoms with Gasteiger partial charge in [0.1, 0.15) is 0 Å². The van der Waals surface area contributed by atoms with Crippen LogP contribution in [0.3, 0.4) is 0 Å². The molecule has 0 radical (unpaired) electrons. The lowest BCUT2D eigenvalue weighted by molar-refractivity contribution is -0.131. The van der Waals surface area contributed by atoms with Gasteiger partial charge in [-0.05, 0) is 11.8 Å². The average molecular weight is 177 g/mol. The number of carbonyl (C=O) groups excluding carboxylic acids is 1. The highest BCUT2D eigenvalue weighted by Crippen LogP contribution is 2.04. The molecule has 0 aliphatic carbocycles. The molecule has 0 saturated carbocycles. The topological polar surface area (TPSA) is 23.6 Å². The van der Waals surface area contributed by atoms with Gasteiger partial charge in [-0.3, -0.25) is 4.79 Å². The van der Waals surface area contributed by atoms with Gasteiger partial charge in [0.15, 0.2) is 0 Å². The van der Waals surface area contributed by atoms with Gasteiger partial charge in [0, 0.05) is 32.6 Å². The minimum atomic E-state index is 0.231. The molecule has 1 saturated heterocycles. The van der Waals surface area contributed by atoms with Crippen LogP contribution < -0.4 is 0 Å². The van der Waals surface area contributed by atoms with Crippen LogP contribution in [0.15, 0.2) is 0 Å². The average Bonchev–Trinajstić information content (AvgIpc) is 2.05.